The van der Waals surface area contributed by atoms with Crippen LogP contribution >= 0.6 is 15.9 Å². The third-order valence-corrected chi connectivity index (χ3v) is 5.25. The van der Waals surface area contributed by atoms with Gasteiger partial charge in [-0.3, -0.25) is 4.79 Å². The van der Waals surface area contributed by atoms with Crippen LogP contribution in [-0.2, 0) is 0 Å². The van der Waals surface area contributed by atoms with E-state index in [0.29, 0.717) is 30.0 Å². The van der Waals surface area contributed by atoms with Crippen LogP contribution in [0.25, 0.3) is 0 Å². The van der Waals surface area contributed by atoms with Crippen LogP contribution in [0.4, 0.5) is 16.2 Å². The molecule has 30 heavy (non-hydrogen) atoms. The highest BCUT2D eigenvalue weighted by Crippen LogP contribution is 2.34. The number of hydrogen-bond donors (Lipinski definition) is 3. The number of fused-ring (bicyclic) bond motifs is 1. The van der Waals surface area contributed by atoms with Crippen molar-refractivity contribution in [1.82, 2.24) is 5.32 Å². The summed E-state index contributed by atoms with van der Waals surface area (Å²) in [5.41, 5.74) is 2.78. The Morgan fingerprint density at radius 1 is 0.900 bits per heavy atom. The lowest BCUT2D eigenvalue weighted by molar-refractivity contribution is 0.0925. The topological polar surface area (TPSA) is 79.5 Å². The second-order valence-corrected chi connectivity index (χ2v) is 7.78. The molecule has 0 saturated heterocycles. The van der Waals surface area contributed by atoms with Crippen LogP contribution in [0.15, 0.2) is 77.3 Å². The first kappa shape index (κ1) is 20.0. The van der Waals surface area contributed by atoms with Gasteiger partial charge >= 0.3 is 6.03 Å². The fourth-order valence-electron chi connectivity index (χ4n) is 3.28. The molecule has 0 radical (unpaired) electrons. The number of anilines is 2. The third kappa shape index (κ3) is 4.80. The number of hydrogen-bond acceptors (Lipinski definition) is 3. The average Bonchev–Trinajstić information content (AvgIpc) is 2.75. The van der Waals surface area contributed by atoms with Crippen molar-refractivity contribution >= 4 is 39.2 Å². The number of carbonyl (C=O) groups is 2. The van der Waals surface area contributed by atoms with Crippen LogP contribution in [0, 0.1) is 0 Å². The van der Waals surface area contributed by atoms with Gasteiger partial charge in [0.05, 0.1) is 12.6 Å². The van der Waals surface area contributed by atoms with Crippen molar-refractivity contribution < 1.29 is 14.3 Å². The first-order valence-corrected chi connectivity index (χ1v) is 10.3. The molecule has 3 aromatic rings. The highest BCUT2D eigenvalue weighted by Gasteiger charge is 2.23. The maximum absolute atomic E-state index is 12.7. The summed E-state index contributed by atoms with van der Waals surface area (Å²) in [4.78, 5) is 24.8. The van der Waals surface area contributed by atoms with Crippen molar-refractivity contribution in [2.75, 3.05) is 17.2 Å². The molecule has 4 rings (SSSR count). The molecule has 0 bridgehead atoms. The molecule has 1 atom stereocenters. The molecule has 1 aliphatic rings. The van der Waals surface area contributed by atoms with Gasteiger partial charge in [0.25, 0.3) is 5.91 Å². The van der Waals surface area contributed by atoms with Gasteiger partial charge in [0.1, 0.15) is 5.75 Å². The van der Waals surface area contributed by atoms with E-state index in [0.717, 1.165) is 15.8 Å². The predicted molar refractivity (Wildman–Crippen MR) is 120 cm³/mol. The molecule has 1 aliphatic heterocycles. The van der Waals surface area contributed by atoms with Crippen molar-refractivity contribution in [1.29, 1.82) is 0 Å². The van der Waals surface area contributed by atoms with Crippen molar-refractivity contribution in [3.63, 3.8) is 0 Å². The Kier molecular flexibility index (Phi) is 5.99. The first-order valence-electron chi connectivity index (χ1n) is 9.55. The minimum Gasteiger partial charge on any atom is -0.493 e. The maximum atomic E-state index is 12.7. The van der Waals surface area contributed by atoms with E-state index in [1.807, 2.05) is 36.4 Å². The summed E-state index contributed by atoms with van der Waals surface area (Å²) < 4.78 is 6.61. The summed E-state index contributed by atoms with van der Waals surface area (Å²) in [6.45, 7) is 0.555. The summed E-state index contributed by atoms with van der Waals surface area (Å²) in [6, 6.07) is 21.3. The SMILES string of the molecule is O=C(Nc1ccccc1)Nc1ccc(C(=O)NC2CCOc3ccc(Br)cc32)cc1. The normalized spacial score (nSPS) is 14.8. The van der Waals surface area contributed by atoms with Gasteiger partial charge in [0.2, 0.25) is 0 Å². The van der Waals surface area contributed by atoms with E-state index >= 15 is 0 Å². The van der Waals surface area contributed by atoms with Crippen molar-refractivity contribution in [3.8, 4) is 5.75 Å². The molecule has 0 fully saturated rings. The fourth-order valence-corrected chi connectivity index (χ4v) is 3.66. The molecule has 6 nitrogen and oxygen atoms in total. The zero-order valence-corrected chi connectivity index (χ0v) is 17.6. The molecule has 3 aromatic carbocycles. The number of ether oxygens (including phenoxy) is 1. The standard InChI is InChI=1S/C23H20BrN3O3/c24-16-8-11-21-19(14-16)20(12-13-30-21)27-22(28)15-6-9-18(10-7-15)26-23(29)25-17-4-2-1-3-5-17/h1-11,14,20H,12-13H2,(H,27,28)(H2,25,26,29). The second kappa shape index (κ2) is 9.00. The number of halogens is 1. The minimum atomic E-state index is -0.345. The summed E-state index contributed by atoms with van der Waals surface area (Å²) in [6.07, 6.45) is 0.703. The molecular formula is C23H20BrN3O3. The van der Waals surface area contributed by atoms with E-state index < -0.39 is 0 Å². The summed E-state index contributed by atoms with van der Waals surface area (Å²) in [5, 5.41) is 8.58. The number of carbonyl (C=O) groups excluding carboxylic acids is 2. The highest BCUT2D eigenvalue weighted by atomic mass is 79.9. The van der Waals surface area contributed by atoms with Crippen LogP contribution in [0.1, 0.15) is 28.4 Å². The smallest absolute Gasteiger partial charge is 0.323 e. The fraction of sp³-hybridized carbons (Fsp3) is 0.130. The molecule has 0 spiro atoms. The lowest BCUT2D eigenvalue weighted by atomic mass is 10.00. The molecule has 0 saturated carbocycles. The van der Waals surface area contributed by atoms with Crippen LogP contribution in [0.5, 0.6) is 5.75 Å². The van der Waals surface area contributed by atoms with E-state index in [4.69, 9.17) is 4.74 Å². The van der Waals surface area contributed by atoms with Gasteiger partial charge in [-0.1, -0.05) is 34.1 Å². The van der Waals surface area contributed by atoms with Gasteiger partial charge in [0.15, 0.2) is 0 Å². The van der Waals surface area contributed by atoms with Crippen molar-refractivity contribution in [2.24, 2.45) is 0 Å². The Hall–Kier alpha value is -3.32. The molecule has 7 heteroatoms. The zero-order chi connectivity index (χ0) is 20.9. The Morgan fingerprint density at radius 3 is 2.33 bits per heavy atom. The van der Waals surface area contributed by atoms with Crippen molar-refractivity contribution in [3.05, 3.63) is 88.4 Å². The van der Waals surface area contributed by atoms with Crippen LogP contribution in [0.3, 0.4) is 0 Å². The molecular weight excluding hydrogens is 446 g/mol. The number of nitrogens with one attached hydrogen (secondary N) is 3. The third-order valence-electron chi connectivity index (χ3n) is 4.75. The van der Waals surface area contributed by atoms with Crippen LogP contribution in [-0.4, -0.2) is 18.5 Å². The molecule has 3 N–H and O–H groups in total. The average molecular weight is 466 g/mol. The number of benzene rings is 3. The van der Waals surface area contributed by atoms with Gasteiger partial charge < -0.3 is 20.7 Å². The predicted octanol–water partition coefficient (Wildman–Crippen LogP) is 5.35. The van der Waals surface area contributed by atoms with Gasteiger partial charge in [0, 0.05) is 33.4 Å². The van der Waals surface area contributed by atoms with E-state index in [2.05, 4.69) is 31.9 Å². The number of rotatable bonds is 4. The Labute approximate surface area is 182 Å². The van der Waals surface area contributed by atoms with Gasteiger partial charge in [-0.15, -0.1) is 0 Å². The molecule has 1 unspecified atom stereocenters. The monoisotopic (exact) mass is 465 g/mol. The Morgan fingerprint density at radius 2 is 1.60 bits per heavy atom. The molecule has 0 aliphatic carbocycles. The van der Waals surface area contributed by atoms with Crippen LogP contribution in [0.2, 0.25) is 0 Å². The van der Waals surface area contributed by atoms with Gasteiger partial charge in [-0.25, -0.2) is 4.79 Å². The number of amides is 3. The first-order chi connectivity index (χ1) is 14.6. The maximum Gasteiger partial charge on any atom is 0.323 e. The lowest BCUT2D eigenvalue weighted by Crippen LogP contribution is -2.32. The quantitative estimate of drug-likeness (QED) is 0.485. The van der Waals surface area contributed by atoms with Gasteiger partial charge in [-0.05, 0) is 54.6 Å². The van der Waals surface area contributed by atoms with E-state index in [1.165, 1.54) is 0 Å². The number of urea groups is 1. The second-order valence-electron chi connectivity index (χ2n) is 6.87. The van der Waals surface area contributed by atoms with Crippen molar-refractivity contribution in [2.45, 2.75) is 12.5 Å². The van der Waals surface area contributed by atoms with E-state index in [-0.39, 0.29) is 18.0 Å². The molecule has 0 aromatic heterocycles. The highest BCUT2D eigenvalue weighted by molar-refractivity contribution is 9.10. The summed E-state index contributed by atoms with van der Waals surface area (Å²) >= 11 is 3.47. The molecule has 3 amide bonds. The largest absolute Gasteiger partial charge is 0.493 e. The van der Waals surface area contributed by atoms with Crippen LogP contribution < -0.4 is 20.7 Å². The summed E-state index contributed by atoms with van der Waals surface area (Å²) in [5.74, 6) is 0.617. The zero-order valence-electron chi connectivity index (χ0n) is 16.0. The van der Waals surface area contributed by atoms with Gasteiger partial charge in [-0.2, -0.15) is 0 Å². The van der Waals surface area contributed by atoms with E-state index in [9.17, 15) is 9.59 Å². The Bertz CT molecular complexity index is 1060. The number of para-hydroxylation sites is 1. The van der Waals surface area contributed by atoms with E-state index in [1.54, 1.807) is 36.4 Å². The molecule has 1 heterocycles. The summed E-state index contributed by atoms with van der Waals surface area (Å²) in [7, 11) is 0. The Balaban J connectivity index is 1.38. The minimum absolute atomic E-state index is 0.117. The lowest BCUT2D eigenvalue weighted by Gasteiger charge is -2.27. The molecule has 152 valence electrons.